The predicted octanol–water partition coefficient (Wildman–Crippen LogP) is 2.97. The zero-order valence-corrected chi connectivity index (χ0v) is 21.8. The molecule has 0 spiro atoms. The van der Waals surface area contributed by atoms with Gasteiger partial charge in [0.05, 0.1) is 6.33 Å². The molecule has 1 aliphatic heterocycles. The second-order valence-corrected chi connectivity index (χ2v) is 9.62. The number of hydrogen-bond acceptors (Lipinski definition) is 10. The highest BCUT2D eigenvalue weighted by Crippen LogP contribution is 2.40. The Hall–Kier alpha value is -4.37. The maximum atomic E-state index is 15.9. The van der Waals surface area contributed by atoms with Gasteiger partial charge in [-0.25, -0.2) is 19.0 Å². The minimum Gasteiger partial charge on any atom is -0.479 e. The van der Waals surface area contributed by atoms with Crippen molar-refractivity contribution < 1.29 is 43.5 Å². The quantitative estimate of drug-likeness (QED) is 0.157. The molecule has 2 aromatic heterocycles. The first-order valence-electron chi connectivity index (χ1n) is 12.1. The average molecular weight is 588 g/mol. The molecular weight excluding hydrogens is 565 g/mol. The van der Waals surface area contributed by atoms with Crippen LogP contribution in [0.15, 0.2) is 60.9 Å². The molecule has 5 N–H and O–H groups in total. The van der Waals surface area contributed by atoms with Crippen molar-refractivity contribution in [2.45, 2.75) is 36.6 Å². The number of aliphatic hydroxyl groups excluding tert-OH is 1. The second kappa shape index (κ2) is 10.9. The fraction of sp³-hybridized carbons (Fsp3) is 0.269. The zero-order valence-electron chi connectivity index (χ0n) is 21.1. The largest absolute Gasteiger partial charge is 0.479 e. The van der Waals surface area contributed by atoms with Gasteiger partial charge in [0, 0.05) is 12.8 Å². The number of carboxylic acid groups (broad SMARTS) is 2. The number of hydrogen-bond donors (Lipinski definition) is 4. The van der Waals surface area contributed by atoms with Crippen molar-refractivity contribution in [3.63, 3.8) is 0 Å². The van der Waals surface area contributed by atoms with Crippen molar-refractivity contribution >= 4 is 40.5 Å². The monoisotopic (exact) mass is 587 g/mol. The van der Waals surface area contributed by atoms with Crippen molar-refractivity contribution in [1.82, 2.24) is 19.5 Å². The van der Waals surface area contributed by atoms with E-state index in [1.54, 1.807) is 42.5 Å². The first kappa shape index (κ1) is 28.2. The molecule has 1 saturated heterocycles. The molecule has 3 unspecified atom stereocenters. The number of anilines is 1. The summed E-state index contributed by atoms with van der Waals surface area (Å²) in [6, 6.07) is 14.8. The van der Waals surface area contributed by atoms with E-state index in [1.807, 2.05) is 0 Å². The number of halogens is 2. The first-order valence-corrected chi connectivity index (χ1v) is 12.5. The number of ether oxygens (including phenoxy) is 3. The van der Waals surface area contributed by atoms with Gasteiger partial charge in [-0.15, -0.1) is 0 Å². The van der Waals surface area contributed by atoms with Gasteiger partial charge in [-0.2, -0.15) is 9.97 Å². The number of nitrogen functional groups attached to an aromatic ring is 1. The van der Waals surface area contributed by atoms with Crippen molar-refractivity contribution in [2.75, 3.05) is 12.3 Å². The van der Waals surface area contributed by atoms with E-state index in [0.717, 1.165) is 0 Å². The van der Waals surface area contributed by atoms with Crippen molar-refractivity contribution in [1.29, 1.82) is 0 Å². The van der Waals surface area contributed by atoms with E-state index >= 15 is 4.39 Å². The molecule has 1 fully saturated rings. The Morgan fingerprint density at radius 1 is 1.15 bits per heavy atom. The number of alkyl halides is 1. The van der Waals surface area contributed by atoms with E-state index < -0.39 is 48.8 Å². The van der Waals surface area contributed by atoms with Crippen LogP contribution < -0.4 is 10.5 Å². The molecule has 15 heteroatoms. The maximum Gasteiger partial charge on any atom is 0.348 e. The highest BCUT2D eigenvalue weighted by atomic mass is 35.5. The van der Waals surface area contributed by atoms with Gasteiger partial charge in [0.25, 0.3) is 11.5 Å². The molecule has 3 atom stereocenters. The lowest BCUT2D eigenvalue weighted by Crippen LogP contribution is -2.54. The van der Waals surface area contributed by atoms with Gasteiger partial charge in [0.1, 0.15) is 36.0 Å². The first-order chi connectivity index (χ1) is 19.5. The van der Waals surface area contributed by atoms with Gasteiger partial charge < -0.3 is 35.3 Å². The molecule has 5 rings (SSSR count). The van der Waals surface area contributed by atoms with Crippen molar-refractivity contribution in [3.8, 4) is 11.5 Å². The number of carboxylic acids is 2. The minimum atomic E-state index is -2.99. The lowest BCUT2D eigenvalue weighted by Gasteiger charge is -2.30. The Labute approximate surface area is 235 Å². The smallest absolute Gasteiger partial charge is 0.348 e. The number of fused-ring (bicyclic) bond motifs is 1. The summed E-state index contributed by atoms with van der Waals surface area (Å²) in [6.45, 7) is -1.23. The lowest BCUT2D eigenvalue weighted by molar-refractivity contribution is -0.238. The van der Waals surface area contributed by atoms with Crippen LogP contribution in [0.5, 0.6) is 11.5 Å². The number of aliphatic carboxylic acids is 2. The Balaban J connectivity index is 1.36. The third-order valence-corrected chi connectivity index (χ3v) is 6.69. The van der Waals surface area contributed by atoms with Crippen LogP contribution in [0, 0.1) is 0 Å². The Morgan fingerprint density at radius 3 is 2.56 bits per heavy atom. The van der Waals surface area contributed by atoms with E-state index in [2.05, 4.69) is 15.0 Å². The predicted molar refractivity (Wildman–Crippen MR) is 140 cm³/mol. The molecule has 0 aliphatic carbocycles. The fourth-order valence-electron chi connectivity index (χ4n) is 4.41. The number of aromatic nitrogens is 4. The zero-order chi connectivity index (χ0) is 29.4. The van der Waals surface area contributed by atoms with Crippen LogP contribution in [0.4, 0.5) is 10.2 Å². The molecule has 2 aromatic carbocycles. The molecule has 0 radical (unpaired) electrons. The van der Waals surface area contributed by atoms with Gasteiger partial charge >= 0.3 is 11.9 Å². The van der Waals surface area contributed by atoms with Crippen LogP contribution in [-0.4, -0.2) is 70.9 Å². The standard InChI is InChI=1S/C26H23ClFN5O8/c27-24-31-20(29)19-21(32-24)33(13-30-19)18-10-17(34)26(28,41-18)12-39-25(22(35)36,23(37)38)11-14-5-4-8-16(9-14)40-15-6-2-1-3-7-15/h1-9,13,17-18,34H,10-12H2,(H,35,36)(H,37,38)(H2,29,31,32). The highest BCUT2D eigenvalue weighted by Gasteiger charge is 2.55. The molecule has 0 saturated carbocycles. The molecule has 13 nitrogen and oxygen atoms in total. The van der Waals surface area contributed by atoms with E-state index in [0.29, 0.717) is 11.5 Å². The maximum absolute atomic E-state index is 15.9. The number of carbonyl (C=O) groups is 2. The summed E-state index contributed by atoms with van der Waals surface area (Å²) in [5.41, 5.74) is 3.36. The van der Waals surface area contributed by atoms with Crippen LogP contribution in [0.25, 0.3) is 11.2 Å². The molecule has 0 bridgehead atoms. The highest BCUT2D eigenvalue weighted by molar-refractivity contribution is 6.28. The Bertz CT molecular complexity index is 1590. The van der Waals surface area contributed by atoms with Crippen molar-refractivity contribution in [3.05, 3.63) is 71.8 Å². The molecule has 214 valence electrons. The number of imidazole rings is 1. The van der Waals surface area contributed by atoms with Crippen molar-refractivity contribution in [2.24, 2.45) is 0 Å². The summed E-state index contributed by atoms with van der Waals surface area (Å²) in [4.78, 5) is 36.4. The number of aliphatic hydroxyl groups is 1. The van der Waals surface area contributed by atoms with Gasteiger partial charge in [0.15, 0.2) is 11.5 Å². The van der Waals surface area contributed by atoms with Gasteiger partial charge in [-0.3, -0.25) is 4.57 Å². The topological polar surface area (TPSA) is 192 Å². The van der Waals surface area contributed by atoms with Crippen LogP contribution in [0.3, 0.4) is 0 Å². The normalized spacial score (nSPS) is 20.8. The van der Waals surface area contributed by atoms with E-state index in [1.165, 1.54) is 23.0 Å². The molecule has 1 aliphatic rings. The van der Waals surface area contributed by atoms with Crippen LogP contribution in [-0.2, 0) is 25.5 Å². The number of nitrogens with zero attached hydrogens (tertiary/aromatic N) is 4. The molecule has 3 heterocycles. The SMILES string of the molecule is Nc1nc(Cl)nc2c1ncn2C1CC(O)C(F)(COC(Cc2cccc(Oc3ccccc3)c2)(C(=O)O)C(=O)O)O1. The summed E-state index contributed by atoms with van der Waals surface area (Å²) < 4.78 is 33.6. The van der Waals surface area contributed by atoms with Gasteiger partial charge in [0.2, 0.25) is 5.28 Å². The molecule has 41 heavy (non-hydrogen) atoms. The summed E-state index contributed by atoms with van der Waals surface area (Å²) in [7, 11) is 0. The molecule has 0 amide bonds. The lowest BCUT2D eigenvalue weighted by atomic mass is 9.94. The molecular formula is C26H23ClFN5O8. The van der Waals surface area contributed by atoms with E-state index in [9.17, 15) is 24.9 Å². The number of rotatable bonds is 10. The second-order valence-electron chi connectivity index (χ2n) is 9.28. The minimum absolute atomic E-state index is 0.0296. The summed E-state index contributed by atoms with van der Waals surface area (Å²) >= 11 is 5.87. The Morgan fingerprint density at radius 2 is 1.85 bits per heavy atom. The summed E-state index contributed by atoms with van der Waals surface area (Å²) in [5.74, 6) is -5.96. The fourth-order valence-corrected chi connectivity index (χ4v) is 4.58. The third kappa shape index (κ3) is 5.50. The van der Waals surface area contributed by atoms with Gasteiger partial charge in [-0.1, -0.05) is 30.3 Å². The molecule has 4 aromatic rings. The van der Waals surface area contributed by atoms with Gasteiger partial charge in [-0.05, 0) is 41.4 Å². The van der Waals surface area contributed by atoms with E-state index in [4.69, 9.17) is 31.5 Å². The van der Waals surface area contributed by atoms with Crippen LogP contribution in [0.2, 0.25) is 5.28 Å². The number of benzene rings is 2. The number of nitrogens with two attached hydrogens (primary N) is 1. The average Bonchev–Trinajstić information content (AvgIpc) is 3.47. The van der Waals surface area contributed by atoms with Crippen LogP contribution >= 0.6 is 11.6 Å². The van der Waals surface area contributed by atoms with E-state index in [-0.39, 0.29) is 34.2 Å². The number of para-hydroxylation sites is 1. The third-order valence-electron chi connectivity index (χ3n) is 6.52. The summed E-state index contributed by atoms with van der Waals surface area (Å²) in [6.07, 6.45) is -2.81. The van der Waals surface area contributed by atoms with Crippen LogP contribution in [0.1, 0.15) is 18.2 Å². The Kier molecular flexibility index (Phi) is 7.48. The summed E-state index contributed by atoms with van der Waals surface area (Å²) in [5, 5.41) is 30.2.